The van der Waals surface area contributed by atoms with Crippen LogP contribution in [-0.4, -0.2) is 58.4 Å². The number of amides is 1. The fraction of sp³-hybridized carbons (Fsp3) is 0.273. The molecule has 1 N–H and O–H groups in total. The summed E-state index contributed by atoms with van der Waals surface area (Å²) in [4.78, 5) is 39.8. The van der Waals surface area contributed by atoms with Gasteiger partial charge in [0.05, 0.1) is 15.6 Å². The number of hydrogen-bond acceptors (Lipinski definition) is 7. The van der Waals surface area contributed by atoms with Crippen LogP contribution in [-0.2, 0) is 4.79 Å². The van der Waals surface area contributed by atoms with Crippen LogP contribution in [0.1, 0.15) is 6.42 Å². The zero-order valence-electron chi connectivity index (χ0n) is 17.2. The molecule has 5 rings (SSSR count). The topological polar surface area (TPSA) is 82.8 Å². The molecule has 1 aliphatic heterocycles. The predicted octanol–water partition coefficient (Wildman–Crippen LogP) is 2.72. The highest BCUT2D eigenvalue weighted by Gasteiger charge is 2.21. The summed E-state index contributed by atoms with van der Waals surface area (Å²) >= 11 is 1.45. The summed E-state index contributed by atoms with van der Waals surface area (Å²) in [6.45, 7) is 7.17. The number of benzene rings is 1. The lowest BCUT2D eigenvalue weighted by Gasteiger charge is -2.20. The quantitative estimate of drug-likeness (QED) is 0.499. The second-order valence-electron chi connectivity index (χ2n) is 7.66. The summed E-state index contributed by atoms with van der Waals surface area (Å²) in [6, 6.07) is 7.89. The molecule has 158 valence electrons. The van der Waals surface area contributed by atoms with E-state index in [-0.39, 0.29) is 11.1 Å². The third kappa shape index (κ3) is 3.35. The molecule has 0 spiro atoms. The molecule has 0 aliphatic carbocycles. The van der Waals surface area contributed by atoms with Gasteiger partial charge in [0.2, 0.25) is 17.3 Å². The van der Waals surface area contributed by atoms with Crippen LogP contribution < -0.4 is 15.6 Å². The molecule has 4 aromatic rings. The van der Waals surface area contributed by atoms with Gasteiger partial charge in [0, 0.05) is 25.8 Å². The molecule has 0 unspecified atom stereocenters. The normalized spacial score (nSPS) is 15.5. The molecule has 4 heterocycles. The maximum atomic E-state index is 13.3. The fourth-order valence-corrected chi connectivity index (χ4v) is 5.11. The van der Waals surface area contributed by atoms with Crippen molar-refractivity contribution in [2.45, 2.75) is 6.42 Å². The first kappa shape index (κ1) is 19.7. The Balaban J connectivity index is 1.79. The van der Waals surface area contributed by atoms with Gasteiger partial charge in [-0.05, 0) is 38.2 Å². The lowest BCUT2D eigenvalue weighted by molar-refractivity contribution is -0.111. The molecule has 9 heteroatoms. The van der Waals surface area contributed by atoms with Gasteiger partial charge in [0.1, 0.15) is 10.5 Å². The third-order valence-electron chi connectivity index (χ3n) is 5.61. The first-order chi connectivity index (χ1) is 15.1. The first-order valence-electron chi connectivity index (χ1n) is 10.2. The van der Waals surface area contributed by atoms with Crippen LogP contribution in [0, 0.1) is 0 Å². The molecule has 0 saturated carbocycles. The minimum Gasteiger partial charge on any atom is -0.339 e. The summed E-state index contributed by atoms with van der Waals surface area (Å²) in [6.07, 6.45) is 3.77. The number of nitrogens with one attached hydrogen (secondary N) is 1. The van der Waals surface area contributed by atoms with Crippen molar-refractivity contribution in [3.63, 3.8) is 0 Å². The molecule has 3 aromatic heterocycles. The summed E-state index contributed by atoms with van der Waals surface area (Å²) in [7, 11) is 2.12. The molecule has 1 aromatic carbocycles. The van der Waals surface area contributed by atoms with E-state index in [4.69, 9.17) is 4.98 Å². The Morgan fingerprint density at radius 3 is 2.90 bits per heavy atom. The lowest BCUT2D eigenvalue weighted by Crippen LogP contribution is -2.30. The van der Waals surface area contributed by atoms with Crippen molar-refractivity contribution in [1.82, 2.24) is 19.3 Å². The Hall–Kier alpha value is -3.30. The maximum absolute atomic E-state index is 13.3. The van der Waals surface area contributed by atoms with Gasteiger partial charge in [0.25, 0.3) is 0 Å². The van der Waals surface area contributed by atoms with Crippen LogP contribution in [0.3, 0.4) is 0 Å². The summed E-state index contributed by atoms with van der Waals surface area (Å²) in [5.74, 6) is 0.191. The first-order valence-corrected chi connectivity index (χ1v) is 11.0. The largest absolute Gasteiger partial charge is 0.339 e. The van der Waals surface area contributed by atoms with Crippen LogP contribution in [0.2, 0.25) is 0 Å². The van der Waals surface area contributed by atoms with Gasteiger partial charge in [-0.3, -0.25) is 14.0 Å². The molecule has 1 saturated heterocycles. The monoisotopic (exact) mass is 434 g/mol. The number of rotatable bonds is 3. The molecular weight excluding hydrogens is 412 g/mol. The highest BCUT2D eigenvalue weighted by molar-refractivity contribution is 7.24. The van der Waals surface area contributed by atoms with Crippen LogP contribution in [0.5, 0.6) is 0 Å². The van der Waals surface area contributed by atoms with Crippen molar-refractivity contribution in [2.24, 2.45) is 0 Å². The van der Waals surface area contributed by atoms with Crippen molar-refractivity contribution in [2.75, 3.05) is 43.4 Å². The van der Waals surface area contributed by atoms with Crippen LogP contribution >= 0.6 is 11.3 Å². The van der Waals surface area contributed by atoms with Gasteiger partial charge < -0.3 is 15.1 Å². The molecule has 1 fully saturated rings. The standard InChI is InChI=1S/C22H22N6O2S/c1-3-17(29)24-18-19(30)14-13-23-22(27-10-6-9-26(2)11-12-27)25-20(14)28-15-7-4-5-8-16(15)31-21(18)28/h3-5,7-8,13H,1,6,9-12H2,2H3,(H,24,29). The number of para-hydroxylation sites is 1. The number of carbonyl (C=O) groups excluding carboxylic acids is 1. The van der Waals surface area contributed by atoms with E-state index in [9.17, 15) is 9.59 Å². The molecule has 1 amide bonds. The van der Waals surface area contributed by atoms with Crippen molar-refractivity contribution >= 4 is 55.0 Å². The van der Waals surface area contributed by atoms with Gasteiger partial charge in [-0.15, -0.1) is 11.3 Å². The van der Waals surface area contributed by atoms with Crippen LogP contribution in [0.15, 0.2) is 47.9 Å². The van der Waals surface area contributed by atoms with Gasteiger partial charge in [0.15, 0.2) is 5.65 Å². The Morgan fingerprint density at radius 2 is 2.06 bits per heavy atom. The average molecular weight is 435 g/mol. The molecule has 31 heavy (non-hydrogen) atoms. The van der Waals surface area contributed by atoms with Gasteiger partial charge in [-0.25, -0.2) is 4.98 Å². The number of nitrogens with zero attached hydrogens (tertiary/aromatic N) is 5. The average Bonchev–Trinajstić information content (AvgIpc) is 3.04. The number of fused-ring (bicyclic) bond motifs is 5. The zero-order valence-corrected chi connectivity index (χ0v) is 18.0. The lowest BCUT2D eigenvalue weighted by atomic mass is 10.2. The number of hydrogen-bond donors (Lipinski definition) is 1. The fourth-order valence-electron chi connectivity index (χ4n) is 3.97. The summed E-state index contributed by atoms with van der Waals surface area (Å²) < 4.78 is 2.95. The molecule has 8 nitrogen and oxygen atoms in total. The van der Waals surface area contributed by atoms with E-state index < -0.39 is 5.91 Å². The van der Waals surface area contributed by atoms with E-state index in [2.05, 4.69) is 33.7 Å². The highest BCUT2D eigenvalue weighted by atomic mass is 32.1. The number of aromatic nitrogens is 3. The van der Waals surface area contributed by atoms with Crippen LogP contribution in [0.25, 0.3) is 26.1 Å². The third-order valence-corrected chi connectivity index (χ3v) is 6.75. The van der Waals surface area contributed by atoms with Crippen molar-refractivity contribution in [3.05, 3.63) is 53.3 Å². The van der Waals surface area contributed by atoms with Crippen molar-refractivity contribution in [1.29, 1.82) is 0 Å². The number of likely N-dealkylation sites (N-methyl/N-ethyl adjacent to an activating group) is 1. The van der Waals surface area contributed by atoms with Crippen molar-refractivity contribution < 1.29 is 4.79 Å². The highest BCUT2D eigenvalue weighted by Crippen LogP contribution is 2.33. The molecule has 1 aliphatic rings. The van der Waals surface area contributed by atoms with Crippen molar-refractivity contribution in [3.8, 4) is 0 Å². The van der Waals surface area contributed by atoms with Gasteiger partial charge >= 0.3 is 0 Å². The Morgan fingerprint density at radius 1 is 1.23 bits per heavy atom. The Kier molecular flexibility index (Phi) is 4.91. The van der Waals surface area contributed by atoms with Crippen LogP contribution in [0.4, 0.5) is 11.6 Å². The number of anilines is 2. The van der Waals surface area contributed by atoms with Gasteiger partial charge in [-0.1, -0.05) is 18.7 Å². The minimum absolute atomic E-state index is 0.228. The molecule has 0 atom stereocenters. The summed E-state index contributed by atoms with van der Waals surface area (Å²) in [5.41, 5.74) is 1.42. The van der Waals surface area contributed by atoms with E-state index in [0.29, 0.717) is 21.8 Å². The van der Waals surface area contributed by atoms with E-state index in [0.717, 1.165) is 48.9 Å². The van der Waals surface area contributed by atoms with E-state index in [1.807, 2.05) is 28.7 Å². The summed E-state index contributed by atoms with van der Waals surface area (Å²) in [5, 5.41) is 3.07. The zero-order chi connectivity index (χ0) is 21.5. The van der Waals surface area contributed by atoms with E-state index in [1.54, 1.807) is 6.20 Å². The second-order valence-corrected chi connectivity index (χ2v) is 8.69. The molecular formula is C22H22N6O2S. The predicted molar refractivity (Wildman–Crippen MR) is 125 cm³/mol. The Bertz CT molecular complexity index is 1390. The number of thiazole rings is 1. The number of carbonyl (C=O) groups is 1. The number of pyridine rings is 1. The molecule has 0 radical (unpaired) electrons. The second kappa shape index (κ2) is 7.75. The maximum Gasteiger partial charge on any atom is 0.247 e. The Labute approximate surface area is 182 Å². The SMILES string of the molecule is C=CC(=O)Nc1c(=O)c2cnc(N3CCCN(C)CC3)nc2n2c1sc1ccccc12. The van der Waals surface area contributed by atoms with Gasteiger partial charge in [-0.2, -0.15) is 4.98 Å². The minimum atomic E-state index is -0.429. The molecule has 0 bridgehead atoms. The van der Waals surface area contributed by atoms with E-state index in [1.165, 1.54) is 11.3 Å². The smallest absolute Gasteiger partial charge is 0.247 e. The van der Waals surface area contributed by atoms with E-state index >= 15 is 0 Å².